The molecule has 4 rings (SSSR count). The Morgan fingerprint density at radius 1 is 1.17 bits per heavy atom. The maximum absolute atomic E-state index is 12.8. The summed E-state index contributed by atoms with van der Waals surface area (Å²) in [5.41, 5.74) is 1.06. The molecule has 2 aromatic rings. The molecule has 7 heteroatoms. The number of hydrogen-bond acceptors (Lipinski definition) is 5. The molecule has 0 unspecified atom stereocenters. The number of carbonyl (C=O) groups excluding carboxylic acids is 2. The molecule has 154 valence electrons. The molecule has 0 saturated carbocycles. The van der Waals surface area contributed by atoms with Gasteiger partial charge in [0.2, 0.25) is 11.8 Å². The lowest BCUT2D eigenvalue weighted by Gasteiger charge is -2.27. The number of aromatic nitrogens is 1. The van der Waals surface area contributed by atoms with Crippen LogP contribution in [0.3, 0.4) is 0 Å². The number of amides is 2. The van der Waals surface area contributed by atoms with Gasteiger partial charge in [-0.05, 0) is 32.4 Å². The van der Waals surface area contributed by atoms with Gasteiger partial charge < -0.3 is 14.7 Å². The topological polar surface area (TPSA) is 78.7 Å². The number of nitrogens with one attached hydrogen (secondary N) is 1. The van der Waals surface area contributed by atoms with Gasteiger partial charge in [0.1, 0.15) is 11.5 Å². The second-order valence-electron chi connectivity index (χ2n) is 8.13. The van der Waals surface area contributed by atoms with Gasteiger partial charge in [0.05, 0.1) is 12.0 Å². The summed E-state index contributed by atoms with van der Waals surface area (Å²) < 4.78 is 5.56. The molecule has 1 aromatic heterocycles. The van der Waals surface area contributed by atoms with Crippen molar-refractivity contribution >= 4 is 11.8 Å². The van der Waals surface area contributed by atoms with Crippen LogP contribution in [-0.4, -0.2) is 66.5 Å². The second-order valence-corrected chi connectivity index (χ2v) is 8.13. The molecule has 7 nitrogen and oxygen atoms in total. The Morgan fingerprint density at radius 2 is 1.93 bits per heavy atom. The van der Waals surface area contributed by atoms with Gasteiger partial charge in [-0.1, -0.05) is 35.5 Å². The largest absolute Gasteiger partial charge is 0.361 e. The minimum absolute atomic E-state index is 0.0494. The van der Waals surface area contributed by atoms with Gasteiger partial charge in [0, 0.05) is 38.2 Å². The molecule has 2 aliphatic rings. The zero-order chi connectivity index (χ0) is 20.3. The number of likely N-dealkylation sites (tertiary alicyclic amines) is 2. The summed E-state index contributed by atoms with van der Waals surface area (Å²) >= 11 is 0. The van der Waals surface area contributed by atoms with Crippen molar-refractivity contribution in [3.05, 3.63) is 42.2 Å². The van der Waals surface area contributed by atoms with Gasteiger partial charge >= 0.3 is 0 Å². The number of benzene rings is 1. The van der Waals surface area contributed by atoms with Crippen LogP contribution in [0, 0.1) is 5.41 Å². The number of nitrogens with zero attached hydrogens (tertiary/aromatic N) is 3. The molecule has 1 aromatic carbocycles. The monoisotopic (exact) mass is 396 g/mol. The normalized spacial score (nSPS) is 22.2. The van der Waals surface area contributed by atoms with Gasteiger partial charge in [0.15, 0.2) is 0 Å². The van der Waals surface area contributed by atoms with E-state index in [1.54, 1.807) is 7.05 Å². The van der Waals surface area contributed by atoms with Crippen LogP contribution in [0.4, 0.5) is 0 Å². The maximum atomic E-state index is 12.8. The zero-order valence-electron chi connectivity index (χ0n) is 16.9. The fourth-order valence-electron chi connectivity index (χ4n) is 4.47. The van der Waals surface area contributed by atoms with Crippen molar-refractivity contribution in [2.45, 2.75) is 25.7 Å². The highest BCUT2D eigenvalue weighted by molar-refractivity contribution is 5.86. The summed E-state index contributed by atoms with van der Waals surface area (Å²) in [7, 11) is 1.65. The van der Waals surface area contributed by atoms with Crippen molar-refractivity contribution in [2.75, 3.05) is 39.8 Å². The van der Waals surface area contributed by atoms with Gasteiger partial charge in [-0.25, -0.2) is 0 Å². The van der Waals surface area contributed by atoms with Gasteiger partial charge in [-0.3, -0.25) is 14.5 Å². The molecule has 1 N–H and O–H groups in total. The van der Waals surface area contributed by atoms with Crippen LogP contribution >= 0.6 is 0 Å². The molecule has 1 atom stereocenters. The zero-order valence-corrected chi connectivity index (χ0v) is 16.9. The summed E-state index contributed by atoms with van der Waals surface area (Å²) in [4.78, 5) is 29.6. The third-order valence-corrected chi connectivity index (χ3v) is 6.11. The Labute approximate surface area is 171 Å². The van der Waals surface area contributed by atoms with Crippen molar-refractivity contribution < 1.29 is 14.1 Å². The molecule has 0 spiro atoms. The number of rotatable bonds is 6. The Bertz CT molecular complexity index is 860. The van der Waals surface area contributed by atoms with Crippen LogP contribution in [0.15, 0.2) is 40.9 Å². The third kappa shape index (κ3) is 4.19. The molecule has 2 amide bonds. The van der Waals surface area contributed by atoms with Crippen LogP contribution in [0.25, 0.3) is 11.3 Å². The van der Waals surface area contributed by atoms with E-state index in [2.05, 4.69) is 15.4 Å². The Balaban J connectivity index is 1.47. The molecular formula is C22H28N4O3. The van der Waals surface area contributed by atoms with Crippen molar-refractivity contribution in [2.24, 2.45) is 5.41 Å². The lowest BCUT2D eigenvalue weighted by atomic mass is 9.81. The Kier molecular flexibility index (Phi) is 5.67. The molecule has 2 fully saturated rings. The molecule has 0 bridgehead atoms. The van der Waals surface area contributed by atoms with E-state index >= 15 is 0 Å². The van der Waals surface area contributed by atoms with Gasteiger partial charge in [-0.15, -0.1) is 0 Å². The molecule has 2 saturated heterocycles. The smallest absolute Gasteiger partial charge is 0.236 e. The standard InChI is InChI=1S/C22H28N4O3/c1-23-21(28)22(9-12-26(16-22)20(27)15-25-10-5-6-11-25)14-18-13-19(24-29-18)17-7-3-2-4-8-17/h2-4,7-8,13H,5-6,9-12,14-16H2,1H3,(H,23,28)/t22-/m0/s1. The Morgan fingerprint density at radius 3 is 2.66 bits per heavy atom. The molecule has 3 heterocycles. The molecule has 0 radical (unpaired) electrons. The fraction of sp³-hybridized carbons (Fsp3) is 0.500. The highest BCUT2D eigenvalue weighted by atomic mass is 16.5. The van der Waals surface area contributed by atoms with E-state index in [0.717, 1.165) is 37.2 Å². The lowest BCUT2D eigenvalue weighted by Crippen LogP contribution is -2.45. The fourth-order valence-corrected chi connectivity index (χ4v) is 4.47. The number of carbonyl (C=O) groups is 2. The van der Waals surface area contributed by atoms with Crippen LogP contribution in [0.1, 0.15) is 25.0 Å². The second kappa shape index (κ2) is 8.37. The first-order chi connectivity index (χ1) is 14.1. The van der Waals surface area contributed by atoms with Crippen LogP contribution < -0.4 is 5.32 Å². The van der Waals surface area contributed by atoms with E-state index in [1.807, 2.05) is 41.3 Å². The average molecular weight is 396 g/mol. The van der Waals surface area contributed by atoms with E-state index in [0.29, 0.717) is 38.2 Å². The van der Waals surface area contributed by atoms with Crippen LogP contribution in [-0.2, 0) is 16.0 Å². The summed E-state index contributed by atoms with van der Waals surface area (Å²) in [5, 5.41) is 6.96. The summed E-state index contributed by atoms with van der Waals surface area (Å²) in [6.07, 6.45) is 3.37. The molecular weight excluding hydrogens is 368 g/mol. The van der Waals surface area contributed by atoms with E-state index in [4.69, 9.17) is 4.52 Å². The predicted octanol–water partition coefficient (Wildman–Crippen LogP) is 1.94. The van der Waals surface area contributed by atoms with Crippen LogP contribution in [0.5, 0.6) is 0 Å². The first-order valence-electron chi connectivity index (χ1n) is 10.3. The highest BCUT2D eigenvalue weighted by Gasteiger charge is 2.46. The summed E-state index contributed by atoms with van der Waals surface area (Å²) in [5.74, 6) is 0.730. The minimum Gasteiger partial charge on any atom is -0.361 e. The van der Waals surface area contributed by atoms with E-state index in [1.165, 1.54) is 0 Å². The minimum atomic E-state index is -0.678. The van der Waals surface area contributed by atoms with Crippen LogP contribution in [0.2, 0.25) is 0 Å². The van der Waals surface area contributed by atoms with E-state index < -0.39 is 5.41 Å². The predicted molar refractivity (Wildman–Crippen MR) is 109 cm³/mol. The van der Waals surface area contributed by atoms with E-state index in [-0.39, 0.29) is 11.8 Å². The highest BCUT2D eigenvalue weighted by Crippen LogP contribution is 2.35. The quantitative estimate of drug-likeness (QED) is 0.807. The van der Waals surface area contributed by atoms with Crippen molar-refractivity contribution in [3.8, 4) is 11.3 Å². The molecule has 29 heavy (non-hydrogen) atoms. The summed E-state index contributed by atoms with van der Waals surface area (Å²) in [6, 6.07) is 11.7. The Hall–Kier alpha value is -2.67. The van der Waals surface area contributed by atoms with Crippen molar-refractivity contribution in [3.63, 3.8) is 0 Å². The van der Waals surface area contributed by atoms with Crippen molar-refractivity contribution in [1.82, 2.24) is 20.3 Å². The first-order valence-corrected chi connectivity index (χ1v) is 10.3. The average Bonchev–Trinajstić information content (AvgIpc) is 3.50. The SMILES string of the molecule is CNC(=O)[C@]1(Cc2cc(-c3ccccc3)no2)CCN(C(=O)CN2CCCC2)C1. The maximum Gasteiger partial charge on any atom is 0.236 e. The van der Waals surface area contributed by atoms with Gasteiger partial charge in [-0.2, -0.15) is 0 Å². The molecule has 0 aliphatic carbocycles. The third-order valence-electron chi connectivity index (χ3n) is 6.11. The van der Waals surface area contributed by atoms with E-state index in [9.17, 15) is 9.59 Å². The van der Waals surface area contributed by atoms with Crippen molar-refractivity contribution in [1.29, 1.82) is 0 Å². The molecule has 2 aliphatic heterocycles. The first kappa shape index (κ1) is 19.6. The lowest BCUT2D eigenvalue weighted by molar-refractivity contribution is -0.133. The van der Waals surface area contributed by atoms with Gasteiger partial charge in [0.25, 0.3) is 0 Å². The number of hydrogen-bond donors (Lipinski definition) is 1. The summed E-state index contributed by atoms with van der Waals surface area (Å²) in [6.45, 7) is 3.44.